The number of rotatable bonds is 3. The first-order valence-electron chi connectivity index (χ1n) is 4.94. The molecule has 1 heterocycles. The highest BCUT2D eigenvalue weighted by molar-refractivity contribution is 9.10. The SMILES string of the molecule is Cc1cc(Br)cc(NCc2nonc2C)c1. The second-order valence-corrected chi connectivity index (χ2v) is 4.58. The van der Waals surface area contributed by atoms with E-state index in [-0.39, 0.29) is 0 Å². The lowest BCUT2D eigenvalue weighted by molar-refractivity contribution is 0.301. The predicted molar refractivity (Wildman–Crippen MR) is 65.2 cm³/mol. The molecule has 0 spiro atoms. The minimum absolute atomic E-state index is 0.616. The first kappa shape index (κ1) is 11.1. The number of benzene rings is 1. The van der Waals surface area contributed by atoms with Gasteiger partial charge in [0.2, 0.25) is 0 Å². The lowest BCUT2D eigenvalue weighted by atomic mass is 10.2. The van der Waals surface area contributed by atoms with Gasteiger partial charge < -0.3 is 5.32 Å². The topological polar surface area (TPSA) is 51.0 Å². The van der Waals surface area contributed by atoms with E-state index in [4.69, 9.17) is 0 Å². The minimum Gasteiger partial charge on any atom is -0.379 e. The Morgan fingerprint density at radius 3 is 2.69 bits per heavy atom. The van der Waals surface area contributed by atoms with Crippen molar-refractivity contribution in [2.45, 2.75) is 20.4 Å². The van der Waals surface area contributed by atoms with E-state index < -0.39 is 0 Å². The Kier molecular flexibility index (Phi) is 3.24. The summed E-state index contributed by atoms with van der Waals surface area (Å²) in [6.07, 6.45) is 0. The van der Waals surface area contributed by atoms with Crippen LogP contribution >= 0.6 is 15.9 Å². The fourth-order valence-electron chi connectivity index (χ4n) is 1.43. The van der Waals surface area contributed by atoms with Crippen molar-refractivity contribution in [3.05, 3.63) is 39.6 Å². The summed E-state index contributed by atoms with van der Waals surface area (Å²) in [4.78, 5) is 0. The molecule has 0 bridgehead atoms. The van der Waals surface area contributed by atoms with Crippen LogP contribution in [0.4, 0.5) is 5.69 Å². The van der Waals surface area contributed by atoms with Crippen LogP contribution in [-0.4, -0.2) is 10.3 Å². The van der Waals surface area contributed by atoms with Gasteiger partial charge in [0.1, 0.15) is 11.4 Å². The van der Waals surface area contributed by atoms with E-state index >= 15 is 0 Å². The summed E-state index contributed by atoms with van der Waals surface area (Å²) < 4.78 is 5.69. The summed E-state index contributed by atoms with van der Waals surface area (Å²) in [5.41, 5.74) is 3.90. The Morgan fingerprint density at radius 1 is 1.25 bits per heavy atom. The summed E-state index contributed by atoms with van der Waals surface area (Å²) in [6, 6.07) is 6.16. The van der Waals surface area contributed by atoms with E-state index in [9.17, 15) is 0 Å². The maximum absolute atomic E-state index is 4.63. The van der Waals surface area contributed by atoms with Crippen LogP contribution in [-0.2, 0) is 6.54 Å². The molecule has 16 heavy (non-hydrogen) atoms. The molecular formula is C11H12BrN3O. The third kappa shape index (κ3) is 2.61. The van der Waals surface area contributed by atoms with Crippen LogP contribution < -0.4 is 5.32 Å². The number of hydrogen-bond acceptors (Lipinski definition) is 4. The highest BCUT2D eigenvalue weighted by Crippen LogP contribution is 2.19. The zero-order valence-electron chi connectivity index (χ0n) is 9.12. The summed E-state index contributed by atoms with van der Waals surface area (Å²) in [5, 5.41) is 10.8. The molecule has 4 nitrogen and oxygen atoms in total. The van der Waals surface area contributed by atoms with Crippen molar-refractivity contribution in [1.82, 2.24) is 10.3 Å². The van der Waals surface area contributed by atoms with E-state index in [1.54, 1.807) is 0 Å². The Hall–Kier alpha value is -1.36. The predicted octanol–water partition coefficient (Wildman–Crippen LogP) is 3.06. The van der Waals surface area contributed by atoms with Crippen LogP contribution in [0.1, 0.15) is 17.0 Å². The van der Waals surface area contributed by atoms with Gasteiger partial charge >= 0.3 is 0 Å². The summed E-state index contributed by atoms with van der Waals surface area (Å²) in [7, 11) is 0. The van der Waals surface area contributed by atoms with Gasteiger partial charge in [0, 0.05) is 10.2 Å². The molecule has 0 aliphatic rings. The van der Waals surface area contributed by atoms with Crippen LogP contribution in [0.2, 0.25) is 0 Å². The summed E-state index contributed by atoms with van der Waals surface area (Å²) >= 11 is 3.46. The van der Waals surface area contributed by atoms with Crippen LogP contribution in [0.25, 0.3) is 0 Å². The number of nitrogens with one attached hydrogen (secondary N) is 1. The smallest absolute Gasteiger partial charge is 0.127 e. The average Bonchev–Trinajstić information content (AvgIpc) is 2.59. The van der Waals surface area contributed by atoms with Crippen molar-refractivity contribution in [3.63, 3.8) is 0 Å². The highest BCUT2D eigenvalue weighted by atomic mass is 79.9. The van der Waals surface area contributed by atoms with E-state index in [1.165, 1.54) is 5.56 Å². The first-order chi connectivity index (χ1) is 7.65. The molecule has 0 aliphatic heterocycles. The van der Waals surface area contributed by atoms with Crippen LogP contribution in [0.3, 0.4) is 0 Å². The van der Waals surface area contributed by atoms with Crippen LogP contribution in [0, 0.1) is 13.8 Å². The normalized spacial score (nSPS) is 10.4. The van der Waals surface area contributed by atoms with Crippen LogP contribution in [0.15, 0.2) is 27.3 Å². The fourth-order valence-corrected chi connectivity index (χ4v) is 2.04. The Balaban J connectivity index is 2.07. The molecule has 0 atom stereocenters. The first-order valence-corrected chi connectivity index (χ1v) is 5.73. The van der Waals surface area contributed by atoms with Crippen molar-refractivity contribution < 1.29 is 4.63 Å². The summed E-state index contributed by atoms with van der Waals surface area (Å²) in [6.45, 7) is 4.55. The van der Waals surface area contributed by atoms with Gasteiger partial charge in [-0.05, 0) is 37.6 Å². The standard InChI is InChI=1S/C11H12BrN3O/c1-7-3-9(12)5-10(4-7)13-6-11-8(2)14-16-15-11/h3-5,13H,6H2,1-2H3. The maximum Gasteiger partial charge on any atom is 0.127 e. The number of aromatic nitrogens is 2. The highest BCUT2D eigenvalue weighted by Gasteiger charge is 2.04. The molecule has 1 aromatic heterocycles. The van der Waals surface area contributed by atoms with Crippen molar-refractivity contribution in [2.24, 2.45) is 0 Å². The van der Waals surface area contributed by atoms with E-state index in [2.05, 4.69) is 55.2 Å². The van der Waals surface area contributed by atoms with Gasteiger partial charge in [-0.15, -0.1) is 0 Å². The monoisotopic (exact) mass is 281 g/mol. The van der Waals surface area contributed by atoms with Crippen molar-refractivity contribution in [1.29, 1.82) is 0 Å². The van der Waals surface area contributed by atoms with E-state index in [1.807, 2.05) is 13.0 Å². The van der Waals surface area contributed by atoms with Gasteiger partial charge in [-0.2, -0.15) is 0 Å². The molecule has 0 aliphatic carbocycles. The number of hydrogen-bond donors (Lipinski definition) is 1. The number of nitrogens with zero attached hydrogens (tertiary/aromatic N) is 2. The Labute approximate surface area is 102 Å². The Bertz CT molecular complexity index is 475. The molecular weight excluding hydrogens is 270 g/mol. The largest absolute Gasteiger partial charge is 0.379 e. The number of halogens is 1. The second-order valence-electron chi connectivity index (χ2n) is 3.67. The lowest BCUT2D eigenvalue weighted by Crippen LogP contribution is -2.01. The molecule has 0 amide bonds. The van der Waals surface area contributed by atoms with Gasteiger partial charge in [-0.3, -0.25) is 0 Å². The lowest BCUT2D eigenvalue weighted by Gasteiger charge is -2.06. The van der Waals surface area contributed by atoms with E-state index in [0.717, 1.165) is 21.5 Å². The van der Waals surface area contributed by atoms with Gasteiger partial charge in [-0.1, -0.05) is 26.2 Å². The van der Waals surface area contributed by atoms with Crippen LogP contribution in [0.5, 0.6) is 0 Å². The third-order valence-electron chi connectivity index (χ3n) is 2.25. The molecule has 1 aromatic carbocycles. The minimum atomic E-state index is 0.616. The molecule has 5 heteroatoms. The molecule has 0 saturated carbocycles. The third-order valence-corrected chi connectivity index (χ3v) is 2.71. The maximum atomic E-state index is 4.63. The molecule has 0 saturated heterocycles. The van der Waals surface area contributed by atoms with E-state index in [0.29, 0.717) is 6.54 Å². The second kappa shape index (κ2) is 4.65. The van der Waals surface area contributed by atoms with Crippen molar-refractivity contribution >= 4 is 21.6 Å². The average molecular weight is 282 g/mol. The van der Waals surface area contributed by atoms with Gasteiger partial charge in [-0.25, -0.2) is 4.63 Å². The van der Waals surface area contributed by atoms with Gasteiger partial charge in [0.15, 0.2) is 0 Å². The Morgan fingerprint density at radius 2 is 2.06 bits per heavy atom. The zero-order chi connectivity index (χ0) is 11.5. The van der Waals surface area contributed by atoms with Crippen molar-refractivity contribution in [3.8, 4) is 0 Å². The van der Waals surface area contributed by atoms with Crippen molar-refractivity contribution in [2.75, 3.05) is 5.32 Å². The zero-order valence-corrected chi connectivity index (χ0v) is 10.7. The number of anilines is 1. The molecule has 0 radical (unpaired) electrons. The van der Waals surface area contributed by atoms with Gasteiger partial charge in [0.05, 0.1) is 6.54 Å². The molecule has 0 unspecified atom stereocenters. The quantitative estimate of drug-likeness (QED) is 0.940. The van der Waals surface area contributed by atoms with Gasteiger partial charge in [0.25, 0.3) is 0 Å². The molecule has 2 rings (SSSR count). The number of aryl methyl sites for hydroxylation is 2. The molecule has 1 N–H and O–H groups in total. The molecule has 0 fully saturated rings. The fraction of sp³-hybridized carbons (Fsp3) is 0.273. The summed E-state index contributed by atoms with van der Waals surface area (Å²) in [5.74, 6) is 0. The molecule has 84 valence electrons. The molecule has 2 aromatic rings.